The lowest BCUT2D eigenvalue weighted by molar-refractivity contribution is -0.0670. The number of aromatic nitrogens is 1. The Kier molecular flexibility index (Phi) is 3.48. The van der Waals surface area contributed by atoms with Crippen molar-refractivity contribution in [2.45, 2.75) is 31.0 Å². The van der Waals surface area contributed by atoms with E-state index in [-0.39, 0.29) is 29.6 Å². The number of para-hydroxylation sites is 1. The van der Waals surface area contributed by atoms with E-state index < -0.39 is 17.0 Å². The molecular formula is C18H23N3O4S. The largest absolute Gasteiger partial charge is 0.378 e. The van der Waals surface area contributed by atoms with Crippen LogP contribution in [-0.4, -0.2) is 67.8 Å². The van der Waals surface area contributed by atoms with Crippen molar-refractivity contribution in [3.05, 3.63) is 36.0 Å². The molecule has 7 nitrogen and oxygen atoms in total. The van der Waals surface area contributed by atoms with E-state index in [4.69, 9.17) is 8.85 Å². The molecule has 0 saturated carbocycles. The molecule has 2 aromatic rings. The van der Waals surface area contributed by atoms with Crippen LogP contribution in [0.3, 0.4) is 0 Å². The van der Waals surface area contributed by atoms with Crippen LogP contribution in [0, 0.1) is 0 Å². The monoisotopic (exact) mass is 380 g/mol. The number of rotatable bonds is 3. The Bertz CT molecular complexity index is 1040. The summed E-state index contributed by atoms with van der Waals surface area (Å²) >= 11 is 0. The third kappa shape index (κ3) is 3.02. The van der Waals surface area contributed by atoms with Crippen molar-refractivity contribution >= 4 is 26.8 Å². The fraction of sp³-hybridized carbons (Fsp3) is 0.500. The molecule has 0 spiro atoms. The summed E-state index contributed by atoms with van der Waals surface area (Å²) in [5.41, 5.74) is 0.730. The molecule has 1 aromatic heterocycles. The van der Waals surface area contributed by atoms with Gasteiger partial charge in [0.2, 0.25) is 10.0 Å². The summed E-state index contributed by atoms with van der Waals surface area (Å²) in [6.07, 6.45) is 3.36. The van der Waals surface area contributed by atoms with Crippen LogP contribution in [-0.2, 0) is 14.8 Å². The van der Waals surface area contributed by atoms with Crippen LogP contribution in [0.5, 0.6) is 0 Å². The molecule has 3 heterocycles. The van der Waals surface area contributed by atoms with Crippen LogP contribution in [0.4, 0.5) is 0 Å². The molecule has 2 aliphatic heterocycles. The predicted molar refractivity (Wildman–Crippen MR) is 98.8 cm³/mol. The number of hydrogen-bond donors (Lipinski definition) is 1. The second-order valence-electron chi connectivity index (χ2n) is 7.01. The minimum absolute atomic E-state index is 0.208. The van der Waals surface area contributed by atoms with Gasteiger partial charge in [-0.3, -0.25) is 9.69 Å². The molecule has 3 atom stereocenters. The molecule has 1 N–H and O–H groups in total. The van der Waals surface area contributed by atoms with E-state index in [1.165, 1.54) is 11.1 Å². The summed E-state index contributed by atoms with van der Waals surface area (Å²) in [7, 11) is -3.56. The Labute approximate surface area is 157 Å². The molecule has 4 rings (SSSR count). The maximum atomic E-state index is 13.0. The summed E-state index contributed by atoms with van der Waals surface area (Å²) in [5, 5.41) is 3.53. The van der Waals surface area contributed by atoms with Crippen LogP contribution in [0.1, 0.15) is 27.3 Å². The maximum absolute atomic E-state index is 13.0. The van der Waals surface area contributed by atoms with Crippen LogP contribution in [0.2, 0.25) is 0 Å². The number of carbonyl (C=O) groups is 1. The van der Waals surface area contributed by atoms with E-state index in [1.54, 1.807) is 24.3 Å². The average Bonchev–Trinajstić information content (AvgIpc) is 3.00. The minimum atomic E-state index is -3.56. The molecule has 0 radical (unpaired) electrons. The number of ether oxygens (including phenoxy) is 1. The van der Waals surface area contributed by atoms with Crippen LogP contribution >= 0.6 is 0 Å². The molecular weight excluding hydrogens is 354 g/mol. The normalized spacial score (nSPS) is 29.0. The summed E-state index contributed by atoms with van der Waals surface area (Å²) in [5.74, 6) is -0.366. The average molecular weight is 380 g/mol. The van der Waals surface area contributed by atoms with Crippen molar-refractivity contribution in [2.75, 3.05) is 26.4 Å². The fourth-order valence-corrected chi connectivity index (χ4v) is 4.71. The Morgan fingerprint density at radius 1 is 1.27 bits per heavy atom. The highest BCUT2D eigenvalue weighted by Gasteiger charge is 2.37. The van der Waals surface area contributed by atoms with Gasteiger partial charge in [-0.15, -0.1) is 0 Å². The van der Waals surface area contributed by atoms with E-state index in [1.807, 2.05) is 0 Å². The number of nitrogens with zero attached hydrogens (tertiary/aromatic N) is 2. The minimum Gasteiger partial charge on any atom is -0.378 e. The molecule has 2 aliphatic rings. The Morgan fingerprint density at radius 3 is 2.62 bits per heavy atom. The first kappa shape index (κ1) is 14.2. The maximum Gasteiger partial charge on any atom is 0.253 e. The predicted octanol–water partition coefficient (Wildman–Crippen LogP) is 1.04. The first-order chi connectivity index (χ1) is 13.6. The van der Waals surface area contributed by atoms with Crippen LogP contribution < -0.4 is 5.32 Å². The standard InChI is InChI=1S/C18H23N3O4S/c1-20-13-7-12(8-14(20)11-25-10-13)19-18(22)16-9-21(26(2,23)24)17-6-4-3-5-15(16)17/h3-6,9,12-14H,7-8,10-11H2,1-2H3,(H,19,22)/t12?,13-,14+/i1D3. The zero-order valence-electron chi connectivity index (χ0n) is 17.4. The second-order valence-corrected chi connectivity index (χ2v) is 8.87. The number of likely N-dealkylation sites (N-methyl/N-ethyl adjacent to an activating group) is 1. The second kappa shape index (κ2) is 6.37. The van der Waals surface area contributed by atoms with E-state index in [2.05, 4.69) is 5.32 Å². The van der Waals surface area contributed by atoms with Gasteiger partial charge in [-0.2, -0.15) is 0 Å². The number of piperidine rings is 1. The lowest BCUT2D eigenvalue weighted by Crippen LogP contribution is -2.59. The zero-order chi connectivity index (χ0) is 21.0. The smallest absolute Gasteiger partial charge is 0.253 e. The first-order valence-electron chi connectivity index (χ1n) is 10.0. The van der Waals surface area contributed by atoms with Gasteiger partial charge in [0.05, 0.1) is 30.5 Å². The van der Waals surface area contributed by atoms with Crippen LogP contribution in [0.25, 0.3) is 10.9 Å². The summed E-state index contributed by atoms with van der Waals surface area (Å²) in [6, 6.07) is 6.05. The van der Waals surface area contributed by atoms with Gasteiger partial charge < -0.3 is 10.1 Å². The first-order valence-corrected chi connectivity index (χ1v) is 10.4. The molecule has 8 heteroatoms. The number of nitrogens with one attached hydrogen (secondary N) is 1. The molecule has 2 saturated heterocycles. The third-order valence-corrected chi connectivity index (χ3v) is 6.15. The SMILES string of the molecule is [2H]C([2H])([2H])N1[C@@H]2COC[C@H]1CC(NC(=O)c1cn(S(C)(=O)=O)c3ccccc13)C2. The lowest BCUT2D eigenvalue weighted by Gasteiger charge is -2.46. The molecule has 1 aromatic carbocycles. The van der Waals surface area contributed by atoms with Crippen molar-refractivity contribution in [1.82, 2.24) is 14.2 Å². The Morgan fingerprint density at radius 2 is 1.96 bits per heavy atom. The molecule has 1 amide bonds. The van der Waals surface area contributed by atoms with E-state index in [0.29, 0.717) is 37.0 Å². The highest BCUT2D eigenvalue weighted by atomic mass is 32.2. The quantitative estimate of drug-likeness (QED) is 0.861. The third-order valence-electron chi connectivity index (χ3n) is 5.14. The highest BCUT2D eigenvalue weighted by molar-refractivity contribution is 7.89. The van der Waals surface area contributed by atoms with Gasteiger partial charge >= 0.3 is 0 Å². The Balaban J connectivity index is 1.58. The van der Waals surface area contributed by atoms with Crippen molar-refractivity contribution in [3.8, 4) is 0 Å². The number of benzene rings is 1. The van der Waals surface area contributed by atoms with Gasteiger partial charge in [0, 0.05) is 33.8 Å². The zero-order valence-corrected chi connectivity index (χ0v) is 15.2. The summed E-state index contributed by atoms with van der Waals surface area (Å²) in [6.45, 7) is -1.57. The van der Waals surface area contributed by atoms with Crippen LogP contribution in [0.15, 0.2) is 30.5 Å². The topological polar surface area (TPSA) is 80.6 Å². The van der Waals surface area contributed by atoms with E-state index in [0.717, 1.165) is 10.2 Å². The molecule has 0 aliphatic carbocycles. The van der Waals surface area contributed by atoms with Gasteiger partial charge in [0.15, 0.2) is 0 Å². The van der Waals surface area contributed by atoms with Gasteiger partial charge in [-0.25, -0.2) is 12.4 Å². The van der Waals surface area contributed by atoms with E-state index >= 15 is 0 Å². The van der Waals surface area contributed by atoms with Crippen molar-refractivity contribution < 1.29 is 22.1 Å². The number of morpholine rings is 1. The lowest BCUT2D eigenvalue weighted by atomic mass is 9.90. The van der Waals surface area contributed by atoms with Gasteiger partial charge in [0.25, 0.3) is 5.91 Å². The number of fused-ring (bicyclic) bond motifs is 3. The van der Waals surface area contributed by atoms with Gasteiger partial charge in [-0.1, -0.05) is 18.2 Å². The molecule has 26 heavy (non-hydrogen) atoms. The van der Waals surface area contributed by atoms with Gasteiger partial charge in [-0.05, 0) is 25.9 Å². The Hall–Kier alpha value is -1.90. The molecule has 1 unspecified atom stereocenters. The fourth-order valence-electron chi connectivity index (χ4n) is 3.90. The molecule has 140 valence electrons. The number of amides is 1. The highest BCUT2D eigenvalue weighted by Crippen LogP contribution is 2.27. The van der Waals surface area contributed by atoms with Crippen molar-refractivity contribution in [1.29, 1.82) is 0 Å². The number of carbonyl (C=O) groups excluding carboxylic acids is 1. The molecule has 2 bridgehead atoms. The summed E-state index contributed by atoms with van der Waals surface area (Å²) < 4.78 is 54.1. The number of hydrogen-bond acceptors (Lipinski definition) is 5. The van der Waals surface area contributed by atoms with Gasteiger partial charge in [0.1, 0.15) is 0 Å². The van der Waals surface area contributed by atoms with Crippen molar-refractivity contribution in [2.24, 2.45) is 0 Å². The van der Waals surface area contributed by atoms with E-state index in [9.17, 15) is 13.2 Å². The van der Waals surface area contributed by atoms with Crippen molar-refractivity contribution in [3.63, 3.8) is 0 Å². The molecule has 2 fully saturated rings. The summed E-state index contributed by atoms with van der Waals surface area (Å²) in [4.78, 5) is 14.5.